The van der Waals surface area contributed by atoms with Crippen molar-refractivity contribution in [3.05, 3.63) is 94.0 Å². The summed E-state index contributed by atoms with van der Waals surface area (Å²) in [6.45, 7) is 5.07. The molecule has 6 heteroatoms. The Morgan fingerprint density at radius 3 is 2.38 bits per heavy atom. The van der Waals surface area contributed by atoms with Gasteiger partial charge in [0.25, 0.3) is 11.8 Å². The molecule has 0 aromatic heterocycles. The number of benzene rings is 3. The Hall–Kier alpha value is -3.12. The Kier molecular flexibility index (Phi) is 8.06. The topological polar surface area (TPSA) is 58.6 Å². The molecule has 0 atom stereocenters. The number of hydrogen-bond acceptors (Lipinski definition) is 3. The first-order valence-corrected chi connectivity index (χ1v) is 11.3. The summed E-state index contributed by atoms with van der Waals surface area (Å²) in [4.78, 5) is 27.9. The predicted molar refractivity (Wildman–Crippen MR) is 131 cm³/mol. The van der Waals surface area contributed by atoms with Crippen molar-refractivity contribution < 1.29 is 14.3 Å². The summed E-state index contributed by atoms with van der Waals surface area (Å²) in [5, 5.41) is 2.89. The molecular formula is C26H27BrN2O3. The average Bonchev–Trinajstić information content (AvgIpc) is 2.78. The molecule has 3 rings (SSSR count). The predicted octanol–water partition coefficient (Wildman–Crippen LogP) is 6.01. The van der Waals surface area contributed by atoms with E-state index in [9.17, 15) is 9.59 Å². The number of nitrogens with one attached hydrogen (secondary N) is 1. The second kappa shape index (κ2) is 11.0. The minimum atomic E-state index is -0.337. The maximum atomic E-state index is 13.1. The van der Waals surface area contributed by atoms with Gasteiger partial charge in [0.1, 0.15) is 5.75 Å². The molecule has 0 heterocycles. The monoisotopic (exact) mass is 494 g/mol. The van der Waals surface area contributed by atoms with Gasteiger partial charge in [0, 0.05) is 18.1 Å². The normalized spacial score (nSPS) is 10.7. The number of ether oxygens (including phenoxy) is 1. The third-order valence-corrected chi connectivity index (χ3v) is 5.27. The zero-order chi connectivity index (χ0) is 23.1. The van der Waals surface area contributed by atoms with E-state index in [2.05, 4.69) is 21.2 Å². The second-order valence-electron chi connectivity index (χ2n) is 7.99. The largest absolute Gasteiger partial charge is 0.492 e. The number of hydrogen-bond donors (Lipinski definition) is 1. The van der Waals surface area contributed by atoms with Gasteiger partial charge < -0.3 is 15.0 Å². The fraction of sp³-hybridized carbons (Fsp3) is 0.231. The van der Waals surface area contributed by atoms with Crippen LogP contribution in [-0.4, -0.2) is 30.4 Å². The van der Waals surface area contributed by atoms with Crippen molar-refractivity contribution in [2.75, 3.05) is 19.0 Å². The molecule has 1 N–H and O–H groups in total. The van der Waals surface area contributed by atoms with Gasteiger partial charge in [-0.2, -0.15) is 0 Å². The van der Waals surface area contributed by atoms with E-state index >= 15 is 0 Å². The van der Waals surface area contributed by atoms with Crippen LogP contribution in [0.4, 0.5) is 5.69 Å². The lowest BCUT2D eigenvalue weighted by Gasteiger charge is -2.20. The molecule has 0 spiro atoms. The van der Waals surface area contributed by atoms with Gasteiger partial charge in [-0.25, -0.2) is 0 Å². The van der Waals surface area contributed by atoms with Crippen molar-refractivity contribution >= 4 is 33.4 Å². The van der Waals surface area contributed by atoms with Gasteiger partial charge in [-0.05, 0) is 41.8 Å². The molecule has 0 fully saturated rings. The van der Waals surface area contributed by atoms with E-state index in [-0.39, 0.29) is 11.8 Å². The van der Waals surface area contributed by atoms with Crippen molar-refractivity contribution in [1.29, 1.82) is 0 Å². The molecule has 0 aliphatic heterocycles. The van der Waals surface area contributed by atoms with Crippen molar-refractivity contribution in [3.8, 4) is 5.75 Å². The molecule has 0 unspecified atom stereocenters. The average molecular weight is 495 g/mol. The van der Waals surface area contributed by atoms with Gasteiger partial charge in [0.05, 0.1) is 23.4 Å². The third-order valence-electron chi connectivity index (χ3n) is 4.77. The highest BCUT2D eigenvalue weighted by Gasteiger charge is 2.20. The molecule has 0 saturated heterocycles. The Morgan fingerprint density at radius 2 is 1.66 bits per heavy atom. The summed E-state index contributed by atoms with van der Waals surface area (Å²) in [6, 6.07) is 22.1. The van der Waals surface area contributed by atoms with Gasteiger partial charge in [-0.1, -0.05) is 72.2 Å². The summed E-state index contributed by atoms with van der Waals surface area (Å²) in [5.74, 6) is 0.323. The number of halogens is 1. The number of nitrogens with zero attached hydrogens (tertiary/aromatic N) is 1. The van der Waals surface area contributed by atoms with Crippen molar-refractivity contribution in [1.82, 2.24) is 4.90 Å². The Bertz CT molecular complexity index is 1080. The van der Waals surface area contributed by atoms with Crippen LogP contribution in [0.2, 0.25) is 0 Å². The zero-order valence-corrected chi connectivity index (χ0v) is 20.1. The summed E-state index contributed by atoms with van der Waals surface area (Å²) < 4.78 is 6.61. The summed E-state index contributed by atoms with van der Waals surface area (Å²) >= 11 is 3.42. The molecular weight excluding hydrogens is 468 g/mol. The molecule has 166 valence electrons. The number of carbonyl (C=O) groups excluding carboxylic acids is 2. The minimum Gasteiger partial charge on any atom is -0.492 e. The summed E-state index contributed by atoms with van der Waals surface area (Å²) in [5.41, 5.74) is 2.32. The van der Waals surface area contributed by atoms with Gasteiger partial charge >= 0.3 is 0 Å². The fourth-order valence-electron chi connectivity index (χ4n) is 3.16. The molecule has 3 aromatic rings. The molecule has 0 aliphatic rings. The highest BCUT2D eigenvalue weighted by Crippen LogP contribution is 2.26. The third kappa shape index (κ3) is 6.20. The smallest absolute Gasteiger partial charge is 0.259 e. The minimum absolute atomic E-state index is 0.171. The lowest BCUT2D eigenvalue weighted by molar-refractivity contribution is 0.0786. The quantitative estimate of drug-likeness (QED) is 0.417. The van der Waals surface area contributed by atoms with Crippen LogP contribution in [-0.2, 0) is 6.54 Å². The first-order valence-electron chi connectivity index (χ1n) is 10.5. The maximum Gasteiger partial charge on any atom is 0.259 e. The standard InChI is InChI=1S/C26H27BrN2O3/c1-18(2)17-32-24-14-13-20(27)15-22(24)25(30)28-23-12-8-7-11-21(23)26(31)29(3)16-19-9-5-4-6-10-19/h4-15,18H,16-17H2,1-3H3,(H,28,30). The van der Waals surface area contributed by atoms with Gasteiger partial charge in [0.2, 0.25) is 0 Å². The Morgan fingerprint density at radius 1 is 0.969 bits per heavy atom. The van der Waals surface area contributed by atoms with Crippen molar-refractivity contribution in [2.45, 2.75) is 20.4 Å². The van der Waals surface area contributed by atoms with E-state index in [0.29, 0.717) is 41.6 Å². The van der Waals surface area contributed by atoms with E-state index < -0.39 is 0 Å². The first kappa shape index (κ1) is 23.5. The molecule has 0 saturated carbocycles. The van der Waals surface area contributed by atoms with Gasteiger partial charge in [-0.15, -0.1) is 0 Å². The number of rotatable bonds is 8. The second-order valence-corrected chi connectivity index (χ2v) is 8.91. The molecule has 32 heavy (non-hydrogen) atoms. The van der Waals surface area contributed by atoms with Crippen LogP contribution in [0.25, 0.3) is 0 Å². The van der Waals surface area contributed by atoms with Crippen LogP contribution in [0, 0.1) is 5.92 Å². The molecule has 0 radical (unpaired) electrons. The van der Waals surface area contributed by atoms with Crippen LogP contribution >= 0.6 is 15.9 Å². The van der Waals surface area contributed by atoms with Crippen LogP contribution < -0.4 is 10.1 Å². The van der Waals surface area contributed by atoms with E-state index in [0.717, 1.165) is 10.0 Å². The summed E-state index contributed by atoms with van der Waals surface area (Å²) in [6.07, 6.45) is 0. The maximum absolute atomic E-state index is 13.1. The van der Waals surface area contributed by atoms with Gasteiger partial charge in [-0.3, -0.25) is 9.59 Å². The lowest BCUT2D eigenvalue weighted by Crippen LogP contribution is -2.27. The van der Waals surface area contributed by atoms with Crippen LogP contribution in [0.3, 0.4) is 0 Å². The SMILES string of the molecule is CC(C)COc1ccc(Br)cc1C(=O)Nc1ccccc1C(=O)N(C)Cc1ccccc1. The number of amides is 2. The van der Waals surface area contributed by atoms with Crippen molar-refractivity contribution in [2.24, 2.45) is 5.92 Å². The molecule has 0 aliphatic carbocycles. The Balaban J connectivity index is 1.81. The number of para-hydroxylation sites is 1. The van der Waals surface area contributed by atoms with Crippen LogP contribution in [0.15, 0.2) is 77.3 Å². The molecule has 5 nitrogen and oxygen atoms in total. The number of carbonyl (C=O) groups is 2. The van der Waals surface area contributed by atoms with E-state index in [1.807, 2.05) is 50.2 Å². The van der Waals surface area contributed by atoms with Gasteiger partial charge in [0.15, 0.2) is 0 Å². The first-order chi connectivity index (χ1) is 15.3. The van der Waals surface area contributed by atoms with Crippen molar-refractivity contribution in [3.63, 3.8) is 0 Å². The summed E-state index contributed by atoms with van der Waals surface area (Å²) in [7, 11) is 1.75. The highest BCUT2D eigenvalue weighted by atomic mass is 79.9. The van der Waals surface area contributed by atoms with E-state index in [1.54, 1.807) is 48.3 Å². The van der Waals surface area contributed by atoms with Crippen LogP contribution in [0.5, 0.6) is 5.75 Å². The van der Waals surface area contributed by atoms with E-state index in [4.69, 9.17) is 4.74 Å². The molecule has 0 bridgehead atoms. The zero-order valence-electron chi connectivity index (χ0n) is 18.5. The lowest BCUT2D eigenvalue weighted by atomic mass is 10.1. The highest BCUT2D eigenvalue weighted by molar-refractivity contribution is 9.10. The Labute approximate surface area is 197 Å². The molecule has 2 amide bonds. The van der Waals surface area contributed by atoms with E-state index in [1.165, 1.54) is 0 Å². The molecule has 3 aromatic carbocycles. The van der Waals surface area contributed by atoms with Crippen LogP contribution in [0.1, 0.15) is 40.1 Å². The fourth-order valence-corrected chi connectivity index (χ4v) is 3.53. The number of anilines is 1.